The zero-order valence-corrected chi connectivity index (χ0v) is 18.3. The van der Waals surface area contributed by atoms with E-state index in [1.807, 2.05) is 12.1 Å². The van der Waals surface area contributed by atoms with E-state index in [0.717, 1.165) is 0 Å². The van der Waals surface area contributed by atoms with Crippen LogP contribution in [0.15, 0.2) is 48.5 Å². The first kappa shape index (κ1) is 21.0. The lowest BCUT2D eigenvalue weighted by atomic mass is 10.0. The van der Waals surface area contributed by atoms with Crippen molar-refractivity contribution in [2.45, 2.75) is 13.1 Å². The molecule has 0 N–H and O–H groups in total. The van der Waals surface area contributed by atoms with Crippen LogP contribution in [0.4, 0.5) is 10.5 Å². The van der Waals surface area contributed by atoms with Gasteiger partial charge in [0.05, 0.1) is 17.9 Å². The standard InChI is InChI=1S/C24H24N4O5/c1-2-33-24(32)26-13-11-25(12-14-26)20(29)15-27-21-16-7-3-4-8-17(16)23(31)28(21)19-10-6-5-9-18(19)22(27)30/h3-10,21H,2,11-15H2,1H3/t21-/m0/s1. The third kappa shape index (κ3) is 3.40. The largest absolute Gasteiger partial charge is 0.450 e. The molecule has 3 aliphatic rings. The Bertz CT molecular complexity index is 1140. The molecular formula is C24H24N4O5. The van der Waals surface area contributed by atoms with Gasteiger partial charge in [0.15, 0.2) is 0 Å². The zero-order valence-electron chi connectivity index (χ0n) is 18.3. The average Bonchev–Trinajstić information content (AvgIpc) is 3.14. The normalized spacial score (nSPS) is 19.2. The highest BCUT2D eigenvalue weighted by molar-refractivity contribution is 6.17. The third-order valence-corrected chi connectivity index (χ3v) is 6.35. The maximum atomic E-state index is 13.5. The molecule has 0 bridgehead atoms. The molecule has 2 aromatic carbocycles. The van der Waals surface area contributed by atoms with Gasteiger partial charge >= 0.3 is 6.09 Å². The molecule has 4 amide bonds. The first-order valence-corrected chi connectivity index (χ1v) is 11.0. The van der Waals surface area contributed by atoms with E-state index in [1.165, 1.54) is 4.90 Å². The second-order valence-corrected chi connectivity index (χ2v) is 8.15. The highest BCUT2D eigenvalue weighted by Gasteiger charge is 2.48. The number of amides is 4. The number of para-hydroxylation sites is 1. The first-order valence-electron chi connectivity index (χ1n) is 11.0. The second kappa shape index (κ2) is 8.23. The minimum absolute atomic E-state index is 0.157. The van der Waals surface area contributed by atoms with Crippen LogP contribution >= 0.6 is 0 Å². The summed E-state index contributed by atoms with van der Waals surface area (Å²) in [5.74, 6) is -0.686. The van der Waals surface area contributed by atoms with Gasteiger partial charge in [-0.05, 0) is 25.1 Å². The minimum atomic E-state index is -0.666. The maximum absolute atomic E-state index is 13.5. The van der Waals surface area contributed by atoms with E-state index < -0.39 is 6.17 Å². The molecule has 0 saturated carbocycles. The fourth-order valence-electron chi connectivity index (χ4n) is 4.73. The summed E-state index contributed by atoms with van der Waals surface area (Å²) in [7, 11) is 0. The fraction of sp³-hybridized carbons (Fsp3) is 0.333. The summed E-state index contributed by atoms with van der Waals surface area (Å²) in [6.45, 7) is 3.36. The molecule has 3 heterocycles. The van der Waals surface area contributed by atoms with Crippen LogP contribution in [0, 0.1) is 0 Å². The highest BCUT2D eigenvalue weighted by atomic mass is 16.6. The maximum Gasteiger partial charge on any atom is 0.409 e. The van der Waals surface area contributed by atoms with E-state index in [9.17, 15) is 19.2 Å². The zero-order chi connectivity index (χ0) is 23.1. The Morgan fingerprint density at radius 1 is 0.879 bits per heavy atom. The van der Waals surface area contributed by atoms with Crippen molar-refractivity contribution >= 4 is 29.5 Å². The van der Waals surface area contributed by atoms with Gasteiger partial charge in [-0.3, -0.25) is 19.3 Å². The number of rotatable bonds is 3. The molecule has 0 aliphatic carbocycles. The lowest BCUT2D eigenvalue weighted by molar-refractivity contribution is -0.134. The number of benzene rings is 2. The summed E-state index contributed by atoms with van der Waals surface area (Å²) < 4.78 is 5.03. The smallest absolute Gasteiger partial charge is 0.409 e. The molecule has 9 nitrogen and oxygen atoms in total. The van der Waals surface area contributed by atoms with E-state index >= 15 is 0 Å². The van der Waals surface area contributed by atoms with E-state index in [2.05, 4.69) is 0 Å². The van der Waals surface area contributed by atoms with Crippen LogP contribution in [-0.2, 0) is 9.53 Å². The monoisotopic (exact) mass is 448 g/mol. The topological polar surface area (TPSA) is 90.5 Å². The summed E-state index contributed by atoms with van der Waals surface area (Å²) >= 11 is 0. The van der Waals surface area contributed by atoms with Gasteiger partial charge in [-0.2, -0.15) is 0 Å². The lowest BCUT2D eigenvalue weighted by Gasteiger charge is -2.42. The summed E-state index contributed by atoms with van der Waals surface area (Å²) in [4.78, 5) is 58.1. The fourth-order valence-corrected chi connectivity index (χ4v) is 4.73. The molecule has 1 fully saturated rings. The first-order chi connectivity index (χ1) is 16.0. The number of piperazine rings is 1. The summed E-state index contributed by atoms with van der Waals surface area (Å²) in [6.07, 6.45) is -1.05. The van der Waals surface area contributed by atoms with Gasteiger partial charge in [-0.1, -0.05) is 30.3 Å². The van der Waals surface area contributed by atoms with Gasteiger partial charge in [0.2, 0.25) is 5.91 Å². The molecule has 0 radical (unpaired) electrons. The van der Waals surface area contributed by atoms with E-state index in [1.54, 1.807) is 58.0 Å². The average molecular weight is 448 g/mol. The molecule has 9 heteroatoms. The van der Waals surface area contributed by atoms with Gasteiger partial charge in [0, 0.05) is 37.3 Å². The summed E-state index contributed by atoms with van der Waals surface area (Å²) in [5.41, 5.74) is 2.20. The number of nitrogens with zero attached hydrogens (tertiary/aromatic N) is 4. The van der Waals surface area contributed by atoms with Gasteiger partial charge in [-0.25, -0.2) is 4.79 Å². The van der Waals surface area contributed by atoms with Crippen LogP contribution in [0.5, 0.6) is 0 Å². The Labute approximate surface area is 191 Å². The van der Waals surface area contributed by atoms with Crippen LogP contribution < -0.4 is 4.90 Å². The summed E-state index contributed by atoms with van der Waals surface area (Å²) in [5, 5.41) is 0. The Hall–Kier alpha value is -3.88. The van der Waals surface area contributed by atoms with Crippen LogP contribution in [0.2, 0.25) is 0 Å². The molecule has 1 atom stereocenters. The molecule has 170 valence electrons. The van der Waals surface area contributed by atoms with E-state index in [0.29, 0.717) is 55.2 Å². The third-order valence-electron chi connectivity index (χ3n) is 6.35. The predicted molar refractivity (Wildman–Crippen MR) is 119 cm³/mol. The second-order valence-electron chi connectivity index (χ2n) is 8.15. The van der Waals surface area contributed by atoms with Crippen LogP contribution in [0.3, 0.4) is 0 Å². The molecule has 0 aromatic heterocycles. The summed E-state index contributed by atoms with van der Waals surface area (Å²) in [6, 6.07) is 14.2. The van der Waals surface area contributed by atoms with Crippen molar-refractivity contribution < 1.29 is 23.9 Å². The number of fused-ring (bicyclic) bond motifs is 5. The number of carbonyl (C=O) groups excluding carboxylic acids is 4. The van der Waals surface area contributed by atoms with Crippen molar-refractivity contribution in [3.63, 3.8) is 0 Å². The van der Waals surface area contributed by atoms with Crippen molar-refractivity contribution in [1.29, 1.82) is 0 Å². The van der Waals surface area contributed by atoms with Gasteiger partial charge in [-0.15, -0.1) is 0 Å². The van der Waals surface area contributed by atoms with Crippen molar-refractivity contribution in [2.24, 2.45) is 0 Å². The van der Waals surface area contributed by atoms with Gasteiger partial charge < -0.3 is 19.4 Å². The number of anilines is 1. The molecule has 2 aromatic rings. The molecule has 33 heavy (non-hydrogen) atoms. The van der Waals surface area contributed by atoms with Gasteiger partial charge in [0.25, 0.3) is 11.8 Å². The Kier molecular flexibility index (Phi) is 5.24. The van der Waals surface area contributed by atoms with Crippen molar-refractivity contribution in [3.05, 3.63) is 65.2 Å². The quantitative estimate of drug-likeness (QED) is 0.717. The molecule has 5 rings (SSSR count). The minimum Gasteiger partial charge on any atom is -0.450 e. The van der Waals surface area contributed by atoms with E-state index in [-0.39, 0.29) is 30.4 Å². The van der Waals surface area contributed by atoms with Crippen LogP contribution in [-0.4, -0.2) is 77.8 Å². The number of hydrogen-bond acceptors (Lipinski definition) is 5. The SMILES string of the molecule is CCOC(=O)N1CCN(C(=O)CN2C(=O)c3ccccc3N3C(=O)c4ccccc4[C@@H]23)CC1. The van der Waals surface area contributed by atoms with E-state index in [4.69, 9.17) is 4.74 Å². The Morgan fingerprint density at radius 2 is 1.52 bits per heavy atom. The Balaban J connectivity index is 1.40. The molecule has 1 saturated heterocycles. The Morgan fingerprint density at radius 3 is 2.24 bits per heavy atom. The van der Waals surface area contributed by atoms with Crippen molar-refractivity contribution in [2.75, 3.05) is 44.2 Å². The van der Waals surface area contributed by atoms with Crippen molar-refractivity contribution in [1.82, 2.24) is 14.7 Å². The lowest BCUT2D eigenvalue weighted by Crippen LogP contribution is -2.55. The van der Waals surface area contributed by atoms with Gasteiger partial charge in [0.1, 0.15) is 12.7 Å². The van der Waals surface area contributed by atoms with Crippen LogP contribution in [0.25, 0.3) is 0 Å². The molecule has 0 unspecified atom stereocenters. The van der Waals surface area contributed by atoms with Crippen molar-refractivity contribution in [3.8, 4) is 0 Å². The molecule has 0 spiro atoms. The molecule has 3 aliphatic heterocycles. The predicted octanol–water partition coefficient (Wildman–Crippen LogP) is 2.10. The van der Waals surface area contributed by atoms with Crippen LogP contribution in [0.1, 0.15) is 39.4 Å². The molecular weight excluding hydrogens is 424 g/mol. The number of ether oxygens (including phenoxy) is 1. The number of carbonyl (C=O) groups is 4. The highest BCUT2D eigenvalue weighted by Crippen LogP contribution is 2.45. The number of hydrogen-bond donors (Lipinski definition) is 0.